The van der Waals surface area contributed by atoms with Gasteiger partial charge in [0.25, 0.3) is 5.69 Å². The van der Waals surface area contributed by atoms with Gasteiger partial charge in [0.1, 0.15) is 12.4 Å². The average Bonchev–Trinajstić information content (AvgIpc) is 2.67. The molecule has 0 aliphatic carbocycles. The molecule has 0 fully saturated rings. The van der Waals surface area contributed by atoms with E-state index in [9.17, 15) is 10.1 Å². The topological polar surface area (TPSA) is 64.4 Å². The molecule has 0 saturated heterocycles. The fourth-order valence-corrected chi connectivity index (χ4v) is 4.23. The second-order valence-corrected chi connectivity index (χ2v) is 8.63. The Hall–Kier alpha value is -1.90. The first-order chi connectivity index (χ1) is 13.4. The highest BCUT2D eigenvalue weighted by molar-refractivity contribution is 9.11. The van der Waals surface area contributed by atoms with E-state index < -0.39 is 4.92 Å². The second-order valence-electron chi connectivity index (χ2n) is 5.95. The molecule has 3 aromatic carbocycles. The molecule has 8 heteroatoms. The molecule has 0 amide bonds. The number of nitro groups is 1. The molecule has 0 unspecified atom stereocenters. The summed E-state index contributed by atoms with van der Waals surface area (Å²) in [5.74, 6) is 0.750. The van der Waals surface area contributed by atoms with E-state index >= 15 is 0 Å². The van der Waals surface area contributed by atoms with Gasteiger partial charge in [0.15, 0.2) is 0 Å². The first-order valence-corrected chi connectivity index (χ1v) is 10.6. The summed E-state index contributed by atoms with van der Waals surface area (Å²) >= 11 is 10.5. The Kier molecular flexibility index (Phi) is 7.09. The molecule has 0 aliphatic heterocycles. The fraction of sp³-hybridized carbons (Fsp3) is 0.100. The van der Waals surface area contributed by atoms with Gasteiger partial charge < -0.3 is 10.1 Å². The van der Waals surface area contributed by atoms with Crippen molar-refractivity contribution in [3.63, 3.8) is 0 Å². The Morgan fingerprint density at radius 1 is 0.929 bits per heavy atom. The summed E-state index contributed by atoms with van der Waals surface area (Å²) in [6, 6.07) is 18.2. The normalized spacial score (nSPS) is 10.5. The predicted octanol–water partition coefficient (Wildman–Crippen LogP) is 7.07. The van der Waals surface area contributed by atoms with Crippen LogP contribution in [0.4, 0.5) is 11.4 Å². The summed E-state index contributed by atoms with van der Waals surface area (Å²) in [7, 11) is 0. The van der Waals surface area contributed by atoms with Crippen molar-refractivity contribution in [2.24, 2.45) is 0 Å². The van der Waals surface area contributed by atoms with Gasteiger partial charge in [-0.1, -0.05) is 44.0 Å². The average molecular weight is 571 g/mol. The molecule has 144 valence electrons. The number of hydrogen-bond donors (Lipinski definition) is 1. The Balaban J connectivity index is 1.74. The number of nitro benzene ring substituents is 1. The molecule has 0 saturated carbocycles. The second kappa shape index (κ2) is 9.54. The number of halogens is 3. The highest BCUT2D eigenvalue weighted by Crippen LogP contribution is 2.34. The molecule has 0 radical (unpaired) electrons. The van der Waals surface area contributed by atoms with Gasteiger partial charge in [-0.05, 0) is 57.9 Å². The van der Waals surface area contributed by atoms with E-state index in [1.807, 2.05) is 36.4 Å². The van der Waals surface area contributed by atoms with E-state index in [-0.39, 0.29) is 5.69 Å². The van der Waals surface area contributed by atoms with Crippen molar-refractivity contribution in [3.8, 4) is 5.75 Å². The van der Waals surface area contributed by atoms with Crippen LogP contribution in [0.5, 0.6) is 5.75 Å². The number of benzene rings is 3. The van der Waals surface area contributed by atoms with Crippen LogP contribution in [-0.4, -0.2) is 4.92 Å². The molecule has 0 heterocycles. The number of anilines is 1. The number of non-ortho nitro benzene ring substituents is 1. The molecule has 3 rings (SSSR count). The number of nitrogens with one attached hydrogen (secondary N) is 1. The summed E-state index contributed by atoms with van der Waals surface area (Å²) < 4.78 is 8.87. The molecular weight excluding hydrogens is 556 g/mol. The summed E-state index contributed by atoms with van der Waals surface area (Å²) in [6.45, 7) is 0.948. The monoisotopic (exact) mass is 568 g/mol. The maximum atomic E-state index is 10.8. The zero-order valence-electron chi connectivity index (χ0n) is 14.5. The minimum atomic E-state index is -0.413. The third kappa shape index (κ3) is 5.56. The summed E-state index contributed by atoms with van der Waals surface area (Å²) in [5, 5.41) is 14.1. The molecular formula is C20H15Br3N2O3. The maximum absolute atomic E-state index is 10.8. The van der Waals surface area contributed by atoms with E-state index in [1.165, 1.54) is 12.1 Å². The molecule has 0 bridgehead atoms. The third-order valence-corrected chi connectivity index (χ3v) is 5.52. The minimum absolute atomic E-state index is 0.0641. The van der Waals surface area contributed by atoms with E-state index in [0.717, 1.165) is 36.0 Å². The van der Waals surface area contributed by atoms with Gasteiger partial charge in [-0.15, -0.1) is 0 Å². The number of nitrogens with zero attached hydrogens (tertiary/aromatic N) is 1. The predicted molar refractivity (Wildman–Crippen MR) is 121 cm³/mol. The zero-order chi connectivity index (χ0) is 20.1. The fourth-order valence-electron chi connectivity index (χ4n) is 2.54. The lowest BCUT2D eigenvalue weighted by Gasteiger charge is -2.15. The highest BCUT2D eigenvalue weighted by atomic mass is 79.9. The number of rotatable bonds is 7. The van der Waals surface area contributed by atoms with Gasteiger partial charge >= 0.3 is 0 Å². The van der Waals surface area contributed by atoms with Crippen LogP contribution in [0.3, 0.4) is 0 Å². The van der Waals surface area contributed by atoms with Crippen LogP contribution in [0.25, 0.3) is 0 Å². The third-order valence-electron chi connectivity index (χ3n) is 3.94. The number of ether oxygens (including phenoxy) is 1. The summed E-state index contributed by atoms with van der Waals surface area (Å²) in [6.07, 6.45) is 0. The maximum Gasteiger partial charge on any atom is 0.269 e. The van der Waals surface area contributed by atoms with Crippen molar-refractivity contribution in [2.75, 3.05) is 5.32 Å². The van der Waals surface area contributed by atoms with Crippen molar-refractivity contribution in [2.45, 2.75) is 13.2 Å². The standard InChI is InChI=1S/C20H15Br3N2O3/c21-15-3-1-13(2-4-15)12-28-20-14(9-16(22)10-19(20)23)11-24-17-5-7-18(8-6-17)25(26)27/h1-10,24H,11-12H2. The van der Waals surface area contributed by atoms with Crippen molar-refractivity contribution in [1.82, 2.24) is 0 Å². The van der Waals surface area contributed by atoms with E-state index in [1.54, 1.807) is 12.1 Å². The Morgan fingerprint density at radius 3 is 2.25 bits per heavy atom. The van der Waals surface area contributed by atoms with Gasteiger partial charge in [-0.3, -0.25) is 10.1 Å². The number of hydrogen-bond acceptors (Lipinski definition) is 4. The van der Waals surface area contributed by atoms with Crippen molar-refractivity contribution >= 4 is 59.2 Å². The van der Waals surface area contributed by atoms with Gasteiger partial charge in [-0.2, -0.15) is 0 Å². The van der Waals surface area contributed by atoms with Gasteiger partial charge in [-0.25, -0.2) is 0 Å². The summed E-state index contributed by atoms with van der Waals surface area (Å²) in [5.41, 5.74) is 2.87. The highest BCUT2D eigenvalue weighted by Gasteiger charge is 2.11. The van der Waals surface area contributed by atoms with Crippen LogP contribution in [0.15, 0.2) is 74.1 Å². The minimum Gasteiger partial charge on any atom is -0.487 e. The quantitative estimate of drug-likeness (QED) is 0.244. The summed E-state index contributed by atoms with van der Waals surface area (Å²) in [4.78, 5) is 10.4. The molecule has 0 aliphatic rings. The lowest BCUT2D eigenvalue weighted by atomic mass is 10.2. The molecule has 0 spiro atoms. The van der Waals surface area contributed by atoms with Crippen molar-refractivity contribution in [1.29, 1.82) is 0 Å². The van der Waals surface area contributed by atoms with Gasteiger partial charge in [0, 0.05) is 38.9 Å². The Labute approximate surface area is 187 Å². The molecule has 3 aromatic rings. The lowest BCUT2D eigenvalue weighted by Crippen LogP contribution is -2.05. The molecule has 28 heavy (non-hydrogen) atoms. The molecule has 0 aromatic heterocycles. The lowest BCUT2D eigenvalue weighted by molar-refractivity contribution is -0.384. The Morgan fingerprint density at radius 2 is 1.61 bits per heavy atom. The van der Waals surface area contributed by atoms with E-state index in [2.05, 4.69) is 53.1 Å². The largest absolute Gasteiger partial charge is 0.487 e. The zero-order valence-corrected chi connectivity index (χ0v) is 19.3. The van der Waals surface area contributed by atoms with E-state index in [4.69, 9.17) is 4.74 Å². The van der Waals surface area contributed by atoms with Crippen molar-refractivity contribution in [3.05, 3.63) is 95.3 Å². The molecule has 0 atom stereocenters. The van der Waals surface area contributed by atoms with Gasteiger partial charge in [0.05, 0.1) is 9.40 Å². The van der Waals surface area contributed by atoms with Gasteiger partial charge in [0.2, 0.25) is 0 Å². The van der Waals surface area contributed by atoms with E-state index in [0.29, 0.717) is 13.2 Å². The first kappa shape index (κ1) is 20.8. The SMILES string of the molecule is O=[N+]([O-])c1ccc(NCc2cc(Br)cc(Br)c2OCc2ccc(Br)cc2)cc1. The van der Waals surface area contributed by atoms with Crippen LogP contribution in [0.1, 0.15) is 11.1 Å². The van der Waals surface area contributed by atoms with Crippen molar-refractivity contribution < 1.29 is 9.66 Å². The van der Waals surface area contributed by atoms with Crippen LogP contribution < -0.4 is 10.1 Å². The Bertz CT molecular complexity index is 977. The smallest absolute Gasteiger partial charge is 0.269 e. The first-order valence-electron chi connectivity index (χ1n) is 8.26. The molecule has 5 nitrogen and oxygen atoms in total. The van der Waals surface area contributed by atoms with Crippen LogP contribution in [0.2, 0.25) is 0 Å². The van der Waals surface area contributed by atoms with Crippen LogP contribution in [-0.2, 0) is 13.2 Å². The van der Waals surface area contributed by atoms with Crippen LogP contribution in [0, 0.1) is 10.1 Å². The van der Waals surface area contributed by atoms with Crippen LogP contribution >= 0.6 is 47.8 Å². The molecule has 1 N–H and O–H groups in total.